The molecule has 120 valence electrons. The van der Waals surface area contributed by atoms with E-state index in [1.165, 1.54) is 28.7 Å². The Labute approximate surface area is 137 Å². The van der Waals surface area contributed by atoms with Crippen molar-refractivity contribution in [3.8, 4) is 0 Å². The van der Waals surface area contributed by atoms with Gasteiger partial charge in [0, 0.05) is 6.54 Å². The Morgan fingerprint density at radius 1 is 0.783 bits per heavy atom. The van der Waals surface area contributed by atoms with Crippen LogP contribution in [0.15, 0.2) is 41.3 Å². The minimum atomic E-state index is -3.44. The number of hydrogen-bond acceptors (Lipinski definition) is 2. The quantitative estimate of drug-likeness (QED) is 0.938. The number of nitrogens with one attached hydrogen (secondary N) is 1. The molecule has 0 saturated heterocycles. The highest BCUT2D eigenvalue weighted by molar-refractivity contribution is 7.89. The van der Waals surface area contributed by atoms with Crippen molar-refractivity contribution in [3.63, 3.8) is 0 Å². The summed E-state index contributed by atoms with van der Waals surface area (Å²) in [5, 5.41) is 0. The van der Waals surface area contributed by atoms with Crippen LogP contribution in [0.2, 0.25) is 0 Å². The highest BCUT2D eigenvalue weighted by Gasteiger charge is 2.18. The van der Waals surface area contributed by atoms with E-state index in [4.69, 9.17) is 0 Å². The van der Waals surface area contributed by atoms with Crippen LogP contribution in [-0.2, 0) is 42.3 Å². The molecule has 2 aromatic rings. The van der Waals surface area contributed by atoms with Crippen molar-refractivity contribution >= 4 is 10.0 Å². The van der Waals surface area contributed by atoms with Gasteiger partial charge in [-0.05, 0) is 78.5 Å². The highest BCUT2D eigenvalue weighted by atomic mass is 32.2. The topological polar surface area (TPSA) is 46.2 Å². The van der Waals surface area contributed by atoms with Gasteiger partial charge in [-0.1, -0.05) is 24.3 Å². The maximum atomic E-state index is 12.5. The van der Waals surface area contributed by atoms with E-state index < -0.39 is 10.0 Å². The summed E-state index contributed by atoms with van der Waals surface area (Å²) < 4.78 is 27.8. The fourth-order valence-electron chi connectivity index (χ4n) is 3.71. The Morgan fingerprint density at radius 3 is 2.13 bits per heavy atom. The van der Waals surface area contributed by atoms with Crippen LogP contribution in [0.4, 0.5) is 0 Å². The first kappa shape index (κ1) is 14.9. The zero-order valence-electron chi connectivity index (χ0n) is 13.1. The second-order valence-corrected chi connectivity index (χ2v) is 8.33. The van der Waals surface area contributed by atoms with Gasteiger partial charge < -0.3 is 0 Å². The van der Waals surface area contributed by atoms with Crippen LogP contribution >= 0.6 is 0 Å². The van der Waals surface area contributed by atoms with Crippen LogP contribution in [0.1, 0.15) is 40.7 Å². The molecule has 0 bridgehead atoms. The third kappa shape index (κ3) is 2.93. The lowest BCUT2D eigenvalue weighted by Gasteiger charge is -2.10. The van der Waals surface area contributed by atoms with Gasteiger partial charge in [0.15, 0.2) is 0 Å². The molecule has 4 heteroatoms. The molecule has 2 aliphatic rings. The van der Waals surface area contributed by atoms with Crippen molar-refractivity contribution < 1.29 is 8.42 Å². The van der Waals surface area contributed by atoms with Gasteiger partial charge in [0.25, 0.3) is 0 Å². The van der Waals surface area contributed by atoms with Crippen molar-refractivity contribution in [2.45, 2.75) is 50.0 Å². The van der Waals surface area contributed by atoms with Gasteiger partial charge >= 0.3 is 0 Å². The molecule has 2 aliphatic carbocycles. The van der Waals surface area contributed by atoms with Crippen LogP contribution in [0, 0.1) is 0 Å². The Morgan fingerprint density at radius 2 is 1.39 bits per heavy atom. The third-order valence-electron chi connectivity index (χ3n) is 5.01. The number of benzene rings is 2. The van der Waals surface area contributed by atoms with E-state index in [9.17, 15) is 8.42 Å². The van der Waals surface area contributed by atoms with Crippen LogP contribution in [0.5, 0.6) is 0 Å². The van der Waals surface area contributed by atoms with E-state index in [-0.39, 0.29) is 0 Å². The van der Waals surface area contributed by atoms with Gasteiger partial charge in [0.05, 0.1) is 4.90 Å². The van der Waals surface area contributed by atoms with E-state index in [0.717, 1.165) is 37.7 Å². The first-order valence-electron chi connectivity index (χ1n) is 8.34. The standard InChI is InChI=1S/C19H21NO2S/c21-23(22,19-10-9-16-4-2-6-18(16)12-19)20-13-14-7-8-15-3-1-5-17(15)11-14/h7-12,20H,1-6,13H2. The van der Waals surface area contributed by atoms with Gasteiger partial charge in [0.2, 0.25) is 10.0 Å². The molecule has 0 heterocycles. The smallest absolute Gasteiger partial charge is 0.207 e. The second kappa shape index (κ2) is 5.77. The Kier molecular flexibility index (Phi) is 3.74. The molecule has 3 nitrogen and oxygen atoms in total. The molecule has 1 N–H and O–H groups in total. The second-order valence-electron chi connectivity index (χ2n) is 6.57. The predicted octanol–water partition coefficient (Wildman–Crippen LogP) is 3.14. The van der Waals surface area contributed by atoms with Gasteiger partial charge in [-0.25, -0.2) is 13.1 Å². The molecule has 0 atom stereocenters. The van der Waals surface area contributed by atoms with Crippen LogP contribution in [-0.4, -0.2) is 8.42 Å². The maximum Gasteiger partial charge on any atom is 0.240 e. The largest absolute Gasteiger partial charge is 0.240 e. The molecule has 0 amide bonds. The summed E-state index contributed by atoms with van der Waals surface area (Å²) in [6.07, 6.45) is 6.65. The molecule has 2 aromatic carbocycles. The van der Waals surface area contributed by atoms with Crippen LogP contribution in [0.3, 0.4) is 0 Å². The van der Waals surface area contributed by atoms with Crippen molar-refractivity contribution in [2.24, 2.45) is 0 Å². The van der Waals surface area contributed by atoms with E-state index in [2.05, 4.69) is 16.9 Å². The van der Waals surface area contributed by atoms with Crippen molar-refractivity contribution in [3.05, 3.63) is 64.2 Å². The Balaban J connectivity index is 1.51. The van der Waals surface area contributed by atoms with E-state index in [1.54, 1.807) is 6.07 Å². The van der Waals surface area contributed by atoms with Gasteiger partial charge in [0.1, 0.15) is 0 Å². The highest BCUT2D eigenvalue weighted by Crippen LogP contribution is 2.25. The summed E-state index contributed by atoms with van der Waals surface area (Å²) in [5.41, 5.74) is 6.30. The van der Waals surface area contributed by atoms with Crippen molar-refractivity contribution in [1.29, 1.82) is 0 Å². The van der Waals surface area contributed by atoms with Crippen molar-refractivity contribution in [1.82, 2.24) is 4.72 Å². The summed E-state index contributed by atoms with van der Waals surface area (Å²) in [7, 11) is -3.44. The van der Waals surface area contributed by atoms with Crippen LogP contribution in [0.25, 0.3) is 0 Å². The average Bonchev–Trinajstić information content (AvgIpc) is 3.20. The summed E-state index contributed by atoms with van der Waals surface area (Å²) in [5.74, 6) is 0. The molecular formula is C19H21NO2S. The zero-order valence-corrected chi connectivity index (χ0v) is 14.0. The van der Waals surface area contributed by atoms with Gasteiger partial charge in [-0.2, -0.15) is 0 Å². The molecule has 23 heavy (non-hydrogen) atoms. The number of sulfonamides is 1. The molecule has 0 radical (unpaired) electrons. The summed E-state index contributed by atoms with van der Waals surface area (Å²) >= 11 is 0. The first-order chi connectivity index (χ1) is 11.1. The minimum absolute atomic E-state index is 0.354. The molecular weight excluding hydrogens is 306 g/mol. The number of hydrogen-bond donors (Lipinski definition) is 1. The molecule has 4 rings (SSSR count). The SMILES string of the molecule is O=S(=O)(NCc1ccc2c(c1)CCC2)c1ccc2c(c1)CCC2. The summed E-state index contributed by atoms with van der Waals surface area (Å²) in [6.45, 7) is 0.354. The average molecular weight is 327 g/mol. The molecule has 0 fully saturated rings. The molecule has 0 aliphatic heterocycles. The summed E-state index contributed by atoms with van der Waals surface area (Å²) in [4.78, 5) is 0.388. The summed E-state index contributed by atoms with van der Waals surface area (Å²) in [6, 6.07) is 11.9. The van der Waals surface area contributed by atoms with Crippen molar-refractivity contribution in [2.75, 3.05) is 0 Å². The van der Waals surface area contributed by atoms with E-state index in [0.29, 0.717) is 11.4 Å². The lowest BCUT2D eigenvalue weighted by Crippen LogP contribution is -2.23. The van der Waals surface area contributed by atoms with E-state index in [1.807, 2.05) is 18.2 Å². The maximum absolute atomic E-state index is 12.5. The number of fused-ring (bicyclic) bond motifs is 2. The fourth-order valence-corrected chi connectivity index (χ4v) is 4.78. The number of aryl methyl sites for hydroxylation is 4. The normalized spacial score (nSPS) is 16.3. The molecule has 0 aromatic heterocycles. The third-order valence-corrected chi connectivity index (χ3v) is 6.41. The lowest BCUT2D eigenvalue weighted by molar-refractivity contribution is 0.581. The Hall–Kier alpha value is -1.65. The molecule has 0 spiro atoms. The Bertz CT molecular complexity index is 856. The minimum Gasteiger partial charge on any atom is -0.207 e. The zero-order chi connectivity index (χ0) is 15.9. The van der Waals surface area contributed by atoms with Crippen LogP contribution < -0.4 is 4.72 Å². The lowest BCUT2D eigenvalue weighted by atomic mass is 10.1. The predicted molar refractivity (Wildman–Crippen MR) is 91.0 cm³/mol. The fraction of sp³-hybridized carbons (Fsp3) is 0.368. The van der Waals surface area contributed by atoms with Gasteiger partial charge in [-0.15, -0.1) is 0 Å². The first-order valence-corrected chi connectivity index (χ1v) is 9.82. The molecule has 0 unspecified atom stereocenters. The number of rotatable bonds is 4. The monoisotopic (exact) mass is 327 g/mol. The van der Waals surface area contributed by atoms with Gasteiger partial charge in [-0.3, -0.25) is 0 Å². The molecule has 0 saturated carbocycles. The van der Waals surface area contributed by atoms with E-state index >= 15 is 0 Å².